The highest BCUT2D eigenvalue weighted by Crippen LogP contribution is 2.20. The number of fused-ring (bicyclic) bond motifs is 1. The quantitative estimate of drug-likeness (QED) is 0.822. The Morgan fingerprint density at radius 1 is 1.44 bits per heavy atom. The van der Waals surface area contributed by atoms with Crippen molar-refractivity contribution in [3.63, 3.8) is 0 Å². The third-order valence-corrected chi connectivity index (χ3v) is 2.71. The summed E-state index contributed by atoms with van der Waals surface area (Å²) >= 11 is 0. The first-order chi connectivity index (χ1) is 7.63. The van der Waals surface area contributed by atoms with Crippen LogP contribution in [0.25, 0.3) is 10.9 Å². The molecule has 0 bridgehead atoms. The summed E-state index contributed by atoms with van der Waals surface area (Å²) in [7, 11) is 0. The van der Waals surface area contributed by atoms with Crippen LogP contribution in [0.2, 0.25) is 0 Å². The lowest BCUT2D eigenvalue weighted by Gasteiger charge is -2.05. The van der Waals surface area contributed by atoms with Gasteiger partial charge in [-0.25, -0.2) is 4.79 Å². The van der Waals surface area contributed by atoms with Crippen molar-refractivity contribution in [1.29, 1.82) is 0 Å². The first kappa shape index (κ1) is 10.7. The van der Waals surface area contributed by atoms with Crippen LogP contribution < -0.4 is 5.73 Å². The zero-order valence-electron chi connectivity index (χ0n) is 9.10. The molecule has 0 aliphatic carbocycles. The number of aryl methyl sites for hydroxylation is 1. The molecule has 2 aromatic rings. The molecule has 0 saturated heterocycles. The summed E-state index contributed by atoms with van der Waals surface area (Å²) in [6, 6.07) is 7.13. The maximum atomic E-state index is 10.8. The van der Waals surface area contributed by atoms with Gasteiger partial charge in [0.15, 0.2) is 0 Å². The average molecular weight is 218 g/mol. The van der Waals surface area contributed by atoms with Crippen LogP contribution in [0.15, 0.2) is 24.3 Å². The highest BCUT2D eigenvalue weighted by atomic mass is 16.4. The number of rotatable bonds is 3. The highest BCUT2D eigenvalue weighted by Gasteiger charge is 2.08. The van der Waals surface area contributed by atoms with Crippen LogP contribution in [0.1, 0.15) is 16.1 Å². The number of nitrogens with zero attached hydrogens (tertiary/aromatic N) is 1. The molecule has 4 heteroatoms. The monoisotopic (exact) mass is 218 g/mol. The van der Waals surface area contributed by atoms with Crippen molar-refractivity contribution in [1.82, 2.24) is 4.57 Å². The van der Waals surface area contributed by atoms with Gasteiger partial charge in [-0.05, 0) is 31.2 Å². The number of carboxylic acid groups (broad SMARTS) is 1. The van der Waals surface area contributed by atoms with Crippen molar-refractivity contribution in [2.75, 3.05) is 6.54 Å². The zero-order chi connectivity index (χ0) is 11.7. The first-order valence-corrected chi connectivity index (χ1v) is 5.16. The Kier molecular flexibility index (Phi) is 2.66. The molecule has 4 nitrogen and oxygen atoms in total. The number of hydrogen-bond donors (Lipinski definition) is 2. The van der Waals surface area contributed by atoms with Crippen molar-refractivity contribution in [2.45, 2.75) is 13.5 Å². The van der Waals surface area contributed by atoms with Crippen LogP contribution in [-0.2, 0) is 6.54 Å². The molecule has 1 heterocycles. The van der Waals surface area contributed by atoms with Gasteiger partial charge >= 0.3 is 5.97 Å². The predicted octanol–water partition coefficient (Wildman–Crippen LogP) is 1.61. The Balaban J connectivity index is 2.60. The van der Waals surface area contributed by atoms with Crippen LogP contribution in [-0.4, -0.2) is 22.2 Å². The van der Waals surface area contributed by atoms with E-state index in [4.69, 9.17) is 10.8 Å². The van der Waals surface area contributed by atoms with E-state index in [1.54, 1.807) is 12.1 Å². The molecule has 0 fully saturated rings. The third kappa shape index (κ3) is 1.67. The number of carbonyl (C=O) groups is 1. The van der Waals surface area contributed by atoms with Crippen LogP contribution in [0.5, 0.6) is 0 Å². The topological polar surface area (TPSA) is 68.2 Å². The van der Waals surface area contributed by atoms with E-state index in [2.05, 4.69) is 4.57 Å². The molecule has 1 aromatic carbocycles. The van der Waals surface area contributed by atoms with Gasteiger partial charge in [-0.15, -0.1) is 0 Å². The molecule has 0 unspecified atom stereocenters. The molecule has 84 valence electrons. The van der Waals surface area contributed by atoms with Crippen molar-refractivity contribution >= 4 is 16.9 Å². The summed E-state index contributed by atoms with van der Waals surface area (Å²) in [6.07, 6.45) is 0. The lowest BCUT2D eigenvalue weighted by Crippen LogP contribution is -2.10. The standard InChI is InChI=1S/C12H14N2O2/c1-8-6-10-7-9(12(15)16)2-3-11(10)14(8)5-4-13/h2-3,6-7H,4-5,13H2,1H3,(H,15,16). The molecule has 2 rings (SSSR count). The Morgan fingerprint density at radius 2 is 2.19 bits per heavy atom. The van der Waals surface area contributed by atoms with E-state index in [-0.39, 0.29) is 0 Å². The Hall–Kier alpha value is -1.81. The Labute approximate surface area is 93.3 Å². The molecule has 0 aliphatic heterocycles. The van der Waals surface area contributed by atoms with Crippen LogP contribution in [0, 0.1) is 6.92 Å². The molecule has 0 radical (unpaired) electrons. The summed E-state index contributed by atoms with van der Waals surface area (Å²) in [5.74, 6) is -0.897. The van der Waals surface area contributed by atoms with Crippen molar-refractivity contribution in [3.05, 3.63) is 35.5 Å². The van der Waals surface area contributed by atoms with E-state index in [9.17, 15) is 4.79 Å². The van der Waals surface area contributed by atoms with E-state index in [1.807, 2.05) is 19.1 Å². The summed E-state index contributed by atoms with van der Waals surface area (Å²) in [4.78, 5) is 10.8. The van der Waals surface area contributed by atoms with Gasteiger partial charge in [-0.3, -0.25) is 0 Å². The van der Waals surface area contributed by atoms with Crippen molar-refractivity contribution in [2.24, 2.45) is 5.73 Å². The molecular formula is C12H14N2O2. The molecule has 16 heavy (non-hydrogen) atoms. The second-order valence-electron chi connectivity index (χ2n) is 3.80. The van der Waals surface area contributed by atoms with Gasteiger partial charge in [-0.1, -0.05) is 0 Å². The molecule has 0 saturated carbocycles. The zero-order valence-corrected chi connectivity index (χ0v) is 9.10. The van der Waals surface area contributed by atoms with Gasteiger partial charge < -0.3 is 15.4 Å². The molecule has 0 amide bonds. The normalized spacial score (nSPS) is 10.9. The molecule has 1 aromatic heterocycles. The maximum Gasteiger partial charge on any atom is 0.335 e. The summed E-state index contributed by atoms with van der Waals surface area (Å²) < 4.78 is 2.10. The second kappa shape index (κ2) is 3.98. The number of benzene rings is 1. The fourth-order valence-electron chi connectivity index (χ4n) is 1.97. The smallest absolute Gasteiger partial charge is 0.335 e. The van der Waals surface area contributed by atoms with Crippen LogP contribution >= 0.6 is 0 Å². The van der Waals surface area contributed by atoms with Gasteiger partial charge in [0.2, 0.25) is 0 Å². The minimum absolute atomic E-state index is 0.317. The second-order valence-corrected chi connectivity index (χ2v) is 3.80. The number of carboxylic acids is 1. The average Bonchev–Trinajstić information content (AvgIpc) is 2.55. The number of nitrogens with two attached hydrogens (primary N) is 1. The molecule has 0 spiro atoms. The lowest BCUT2D eigenvalue weighted by atomic mass is 10.1. The number of hydrogen-bond acceptors (Lipinski definition) is 2. The largest absolute Gasteiger partial charge is 0.478 e. The van der Waals surface area contributed by atoms with Crippen LogP contribution in [0.3, 0.4) is 0 Å². The SMILES string of the molecule is Cc1cc2cc(C(=O)O)ccc2n1CCN. The number of aromatic nitrogens is 1. The highest BCUT2D eigenvalue weighted by molar-refractivity contribution is 5.94. The molecule has 0 atom stereocenters. The predicted molar refractivity (Wildman–Crippen MR) is 62.7 cm³/mol. The minimum atomic E-state index is -0.897. The van der Waals surface area contributed by atoms with E-state index < -0.39 is 5.97 Å². The van der Waals surface area contributed by atoms with Crippen molar-refractivity contribution in [3.8, 4) is 0 Å². The van der Waals surface area contributed by atoms with Crippen molar-refractivity contribution < 1.29 is 9.90 Å². The lowest BCUT2D eigenvalue weighted by molar-refractivity contribution is 0.0697. The summed E-state index contributed by atoms with van der Waals surface area (Å²) in [6.45, 7) is 3.32. The van der Waals surface area contributed by atoms with Gasteiger partial charge in [0.05, 0.1) is 5.56 Å². The molecule has 0 aliphatic rings. The van der Waals surface area contributed by atoms with Crippen LogP contribution in [0.4, 0.5) is 0 Å². The van der Waals surface area contributed by atoms with E-state index in [1.165, 1.54) is 0 Å². The first-order valence-electron chi connectivity index (χ1n) is 5.16. The summed E-state index contributed by atoms with van der Waals surface area (Å²) in [5, 5.41) is 9.85. The molecule has 3 N–H and O–H groups in total. The number of aromatic carboxylic acids is 1. The Morgan fingerprint density at radius 3 is 2.81 bits per heavy atom. The summed E-state index contributed by atoms with van der Waals surface area (Å²) in [5.41, 5.74) is 7.99. The van der Waals surface area contributed by atoms with E-state index in [0.717, 1.165) is 23.1 Å². The third-order valence-electron chi connectivity index (χ3n) is 2.71. The maximum absolute atomic E-state index is 10.8. The van der Waals surface area contributed by atoms with Gasteiger partial charge in [0, 0.05) is 29.7 Å². The van der Waals surface area contributed by atoms with E-state index in [0.29, 0.717) is 12.1 Å². The van der Waals surface area contributed by atoms with E-state index >= 15 is 0 Å². The minimum Gasteiger partial charge on any atom is -0.478 e. The Bertz CT molecular complexity index is 543. The van der Waals surface area contributed by atoms with Gasteiger partial charge in [0.25, 0.3) is 0 Å². The molecular weight excluding hydrogens is 204 g/mol. The van der Waals surface area contributed by atoms with Gasteiger partial charge in [-0.2, -0.15) is 0 Å². The van der Waals surface area contributed by atoms with Gasteiger partial charge in [0.1, 0.15) is 0 Å². The fraction of sp³-hybridized carbons (Fsp3) is 0.250. The fourth-order valence-corrected chi connectivity index (χ4v) is 1.97.